The quantitative estimate of drug-likeness (QED) is 0.599. The molecule has 1 amide bonds. The highest BCUT2D eigenvalue weighted by atomic mass is 16.6. The van der Waals surface area contributed by atoms with Gasteiger partial charge in [0.05, 0.1) is 17.4 Å². The van der Waals surface area contributed by atoms with Crippen molar-refractivity contribution in [3.8, 4) is 0 Å². The number of carbonyl (C=O) groups is 1. The van der Waals surface area contributed by atoms with Crippen LogP contribution in [0.3, 0.4) is 0 Å². The SMILES string of the molecule is Cc1cc(C(O)CCNC(=O)Cc2ccc([N+](=O)[O-])cc2)c(C)o1. The molecule has 1 aromatic carbocycles. The number of nitrogens with one attached hydrogen (secondary N) is 1. The number of aryl methyl sites for hydroxylation is 2. The lowest BCUT2D eigenvalue weighted by molar-refractivity contribution is -0.384. The topological polar surface area (TPSA) is 106 Å². The minimum atomic E-state index is -0.692. The predicted octanol–water partition coefficient (Wildman–Crippen LogP) is 2.59. The number of benzene rings is 1. The van der Waals surface area contributed by atoms with Gasteiger partial charge in [0.1, 0.15) is 11.5 Å². The second-order valence-corrected chi connectivity index (χ2v) is 5.62. The van der Waals surface area contributed by atoms with Gasteiger partial charge in [0.25, 0.3) is 5.69 Å². The van der Waals surface area contributed by atoms with E-state index in [2.05, 4.69) is 5.32 Å². The Morgan fingerprint density at radius 2 is 2.00 bits per heavy atom. The number of amides is 1. The van der Waals surface area contributed by atoms with Gasteiger partial charge in [0.2, 0.25) is 5.91 Å². The molecule has 1 atom stereocenters. The maximum absolute atomic E-state index is 11.9. The van der Waals surface area contributed by atoms with Crippen molar-refractivity contribution in [3.63, 3.8) is 0 Å². The fraction of sp³-hybridized carbons (Fsp3) is 0.353. The highest BCUT2D eigenvalue weighted by molar-refractivity contribution is 5.78. The van der Waals surface area contributed by atoms with Crippen LogP contribution >= 0.6 is 0 Å². The van der Waals surface area contributed by atoms with Gasteiger partial charge < -0.3 is 14.8 Å². The molecule has 0 aliphatic carbocycles. The van der Waals surface area contributed by atoms with Crippen molar-refractivity contribution in [2.75, 3.05) is 6.54 Å². The first-order valence-electron chi connectivity index (χ1n) is 7.62. The van der Waals surface area contributed by atoms with Gasteiger partial charge in [-0.1, -0.05) is 12.1 Å². The highest BCUT2D eigenvalue weighted by Crippen LogP contribution is 2.23. The highest BCUT2D eigenvalue weighted by Gasteiger charge is 2.14. The fourth-order valence-electron chi connectivity index (χ4n) is 2.47. The number of aliphatic hydroxyl groups is 1. The normalized spacial score (nSPS) is 12.0. The molecule has 128 valence electrons. The van der Waals surface area contributed by atoms with Crippen LogP contribution < -0.4 is 5.32 Å². The van der Waals surface area contributed by atoms with E-state index in [1.165, 1.54) is 12.1 Å². The number of hydrogen-bond acceptors (Lipinski definition) is 5. The van der Waals surface area contributed by atoms with Gasteiger partial charge in [-0.3, -0.25) is 14.9 Å². The number of nitrogens with zero attached hydrogens (tertiary/aromatic N) is 1. The Bertz CT molecular complexity index is 721. The van der Waals surface area contributed by atoms with E-state index in [0.29, 0.717) is 24.3 Å². The first kappa shape index (κ1) is 17.7. The van der Waals surface area contributed by atoms with Gasteiger partial charge in [0, 0.05) is 24.2 Å². The first-order valence-corrected chi connectivity index (χ1v) is 7.62. The maximum Gasteiger partial charge on any atom is 0.269 e. The second-order valence-electron chi connectivity index (χ2n) is 5.62. The Morgan fingerprint density at radius 3 is 2.54 bits per heavy atom. The summed E-state index contributed by atoms with van der Waals surface area (Å²) in [6, 6.07) is 7.65. The van der Waals surface area contributed by atoms with Crippen LogP contribution in [0.4, 0.5) is 5.69 Å². The molecule has 0 saturated carbocycles. The van der Waals surface area contributed by atoms with Crippen LogP contribution in [-0.2, 0) is 11.2 Å². The smallest absolute Gasteiger partial charge is 0.269 e. The minimum Gasteiger partial charge on any atom is -0.466 e. The third kappa shape index (κ3) is 4.66. The molecular formula is C17H20N2O5. The van der Waals surface area contributed by atoms with Crippen LogP contribution in [0.5, 0.6) is 0 Å². The van der Waals surface area contributed by atoms with Crippen molar-refractivity contribution in [1.29, 1.82) is 0 Å². The number of carbonyl (C=O) groups excluding carboxylic acids is 1. The lowest BCUT2D eigenvalue weighted by Gasteiger charge is -2.10. The molecule has 0 saturated heterocycles. The lowest BCUT2D eigenvalue weighted by atomic mass is 10.1. The number of rotatable bonds is 7. The molecule has 0 spiro atoms. The predicted molar refractivity (Wildman–Crippen MR) is 87.6 cm³/mol. The van der Waals surface area contributed by atoms with Gasteiger partial charge in [-0.05, 0) is 31.9 Å². The molecule has 2 N–H and O–H groups in total. The standard InChI is InChI=1S/C17H20N2O5/c1-11-9-15(12(2)24-11)16(20)7-8-18-17(21)10-13-3-5-14(6-4-13)19(22)23/h3-6,9,16,20H,7-8,10H2,1-2H3,(H,18,21). The largest absolute Gasteiger partial charge is 0.466 e. The van der Waals surface area contributed by atoms with Crippen molar-refractivity contribution >= 4 is 11.6 Å². The zero-order valence-electron chi connectivity index (χ0n) is 13.6. The van der Waals surface area contributed by atoms with Crippen molar-refractivity contribution in [3.05, 3.63) is 63.1 Å². The molecule has 0 fully saturated rings. The summed E-state index contributed by atoms with van der Waals surface area (Å²) in [5.41, 5.74) is 1.42. The molecule has 0 bridgehead atoms. The second kappa shape index (κ2) is 7.74. The fourth-order valence-corrected chi connectivity index (χ4v) is 2.47. The summed E-state index contributed by atoms with van der Waals surface area (Å²) in [5, 5.41) is 23.4. The number of aliphatic hydroxyl groups excluding tert-OH is 1. The lowest BCUT2D eigenvalue weighted by Crippen LogP contribution is -2.27. The molecule has 2 aromatic rings. The van der Waals surface area contributed by atoms with Crippen LogP contribution in [0.25, 0.3) is 0 Å². The summed E-state index contributed by atoms with van der Waals surface area (Å²) < 4.78 is 5.37. The van der Waals surface area contributed by atoms with Gasteiger partial charge >= 0.3 is 0 Å². The first-order chi connectivity index (χ1) is 11.4. The minimum absolute atomic E-state index is 0.00643. The van der Waals surface area contributed by atoms with Crippen LogP contribution in [0.1, 0.15) is 35.2 Å². The molecule has 24 heavy (non-hydrogen) atoms. The van der Waals surface area contributed by atoms with Gasteiger partial charge in [-0.2, -0.15) is 0 Å². The van der Waals surface area contributed by atoms with E-state index in [1.807, 2.05) is 6.92 Å². The van der Waals surface area contributed by atoms with E-state index in [1.54, 1.807) is 25.1 Å². The number of nitro benzene ring substituents is 1. The maximum atomic E-state index is 11.9. The zero-order chi connectivity index (χ0) is 17.7. The Labute approximate surface area is 139 Å². The number of non-ortho nitro benzene ring substituents is 1. The Hall–Kier alpha value is -2.67. The average molecular weight is 332 g/mol. The molecular weight excluding hydrogens is 312 g/mol. The van der Waals surface area contributed by atoms with Crippen LogP contribution in [0, 0.1) is 24.0 Å². The van der Waals surface area contributed by atoms with E-state index in [4.69, 9.17) is 4.42 Å². The molecule has 0 aliphatic rings. The van der Waals surface area contributed by atoms with Crippen LogP contribution in [0.15, 0.2) is 34.7 Å². The van der Waals surface area contributed by atoms with Crippen molar-refractivity contribution in [2.45, 2.75) is 32.8 Å². The number of hydrogen-bond donors (Lipinski definition) is 2. The summed E-state index contributed by atoms with van der Waals surface area (Å²) in [6.45, 7) is 3.94. The third-order valence-corrected chi connectivity index (χ3v) is 3.69. The number of furan rings is 1. The van der Waals surface area contributed by atoms with Gasteiger partial charge in [0.15, 0.2) is 0 Å². The Morgan fingerprint density at radius 1 is 1.33 bits per heavy atom. The van der Waals surface area contributed by atoms with Crippen LogP contribution in [0.2, 0.25) is 0 Å². The summed E-state index contributed by atoms with van der Waals surface area (Å²) in [6.07, 6.45) is -0.175. The third-order valence-electron chi connectivity index (χ3n) is 3.69. The molecule has 2 rings (SSSR count). The monoisotopic (exact) mass is 332 g/mol. The zero-order valence-corrected chi connectivity index (χ0v) is 13.6. The van der Waals surface area contributed by atoms with E-state index in [9.17, 15) is 20.0 Å². The van der Waals surface area contributed by atoms with Gasteiger partial charge in [-0.15, -0.1) is 0 Å². The van der Waals surface area contributed by atoms with E-state index in [-0.39, 0.29) is 18.0 Å². The van der Waals surface area contributed by atoms with E-state index < -0.39 is 11.0 Å². The van der Waals surface area contributed by atoms with Crippen LogP contribution in [-0.4, -0.2) is 22.5 Å². The molecule has 1 unspecified atom stereocenters. The summed E-state index contributed by atoms with van der Waals surface area (Å²) >= 11 is 0. The Balaban J connectivity index is 1.78. The summed E-state index contributed by atoms with van der Waals surface area (Å²) in [5.74, 6) is 1.22. The molecule has 1 aromatic heterocycles. The molecule has 7 nitrogen and oxygen atoms in total. The van der Waals surface area contributed by atoms with Crippen molar-refractivity contribution < 1.29 is 19.2 Å². The summed E-state index contributed by atoms with van der Waals surface area (Å²) in [7, 11) is 0. The molecule has 0 aliphatic heterocycles. The van der Waals surface area contributed by atoms with Crippen molar-refractivity contribution in [1.82, 2.24) is 5.32 Å². The van der Waals surface area contributed by atoms with E-state index >= 15 is 0 Å². The van der Waals surface area contributed by atoms with Crippen molar-refractivity contribution in [2.24, 2.45) is 0 Å². The van der Waals surface area contributed by atoms with Gasteiger partial charge in [-0.25, -0.2) is 0 Å². The molecule has 0 radical (unpaired) electrons. The number of nitro groups is 1. The van der Waals surface area contributed by atoms with E-state index in [0.717, 1.165) is 11.3 Å². The summed E-state index contributed by atoms with van der Waals surface area (Å²) in [4.78, 5) is 22.0. The molecule has 1 heterocycles. The molecule has 7 heteroatoms. The average Bonchev–Trinajstić information content (AvgIpc) is 2.86. The Kier molecular flexibility index (Phi) is 5.70.